The lowest BCUT2D eigenvalue weighted by atomic mass is 9.71. The molecule has 0 spiro atoms. The third-order valence-corrected chi connectivity index (χ3v) is 7.62. The molecule has 0 saturated carbocycles. The highest BCUT2D eigenvalue weighted by atomic mass is 19.1. The van der Waals surface area contributed by atoms with E-state index in [0.717, 1.165) is 24.0 Å². The molecule has 1 fully saturated rings. The van der Waals surface area contributed by atoms with Gasteiger partial charge in [0.05, 0.1) is 5.69 Å². The van der Waals surface area contributed by atoms with E-state index in [1.165, 1.54) is 6.07 Å². The Balaban J connectivity index is 1.30. The molecular weight excluding hydrogens is 495 g/mol. The highest BCUT2D eigenvalue weighted by Crippen LogP contribution is 2.45. The number of carbonyl (C=O) groups excluding carboxylic acids is 1. The van der Waals surface area contributed by atoms with Gasteiger partial charge in [0.2, 0.25) is 0 Å². The number of aryl methyl sites for hydroxylation is 2. The minimum Gasteiger partial charge on any atom is -0.369 e. The first-order chi connectivity index (χ1) is 18.9. The predicted octanol–water partition coefficient (Wildman–Crippen LogP) is 6.88. The fourth-order valence-corrected chi connectivity index (χ4v) is 5.72. The van der Waals surface area contributed by atoms with E-state index in [4.69, 9.17) is 9.26 Å². The summed E-state index contributed by atoms with van der Waals surface area (Å²) in [6, 6.07) is 25.0. The van der Waals surface area contributed by atoms with Gasteiger partial charge in [-0.3, -0.25) is 0 Å². The van der Waals surface area contributed by atoms with Crippen molar-refractivity contribution in [2.45, 2.75) is 32.3 Å². The molecule has 1 aromatic heterocycles. The number of hydrogen-bond acceptors (Lipinski definition) is 5. The molecule has 1 aliphatic rings. The van der Waals surface area contributed by atoms with E-state index in [-0.39, 0.29) is 11.7 Å². The van der Waals surface area contributed by atoms with Gasteiger partial charge in [0.15, 0.2) is 5.76 Å². The maximum atomic E-state index is 15.3. The number of methoxy groups -OCH3 is 1. The Bertz CT molecular complexity index is 1360. The van der Waals surface area contributed by atoms with Crippen LogP contribution in [0.5, 0.6) is 0 Å². The molecule has 0 atom stereocenters. The molecule has 3 aromatic carbocycles. The summed E-state index contributed by atoms with van der Waals surface area (Å²) < 4.78 is 26.7. The summed E-state index contributed by atoms with van der Waals surface area (Å²) in [6.45, 7) is 4.82. The minimum atomic E-state index is -0.588. The molecule has 8 heteroatoms. The number of hydrogen-bond donors (Lipinski definition) is 2. The smallest absolute Gasteiger partial charge is 0.323 e. The molecule has 202 valence electrons. The average Bonchev–Trinajstić information content (AvgIpc) is 3.27. The van der Waals surface area contributed by atoms with Gasteiger partial charge in [0.25, 0.3) is 0 Å². The van der Waals surface area contributed by atoms with Gasteiger partial charge >= 0.3 is 6.03 Å². The first-order valence-corrected chi connectivity index (χ1v) is 13.1. The zero-order valence-electron chi connectivity index (χ0n) is 22.4. The first kappa shape index (κ1) is 26.4. The number of aromatic nitrogens is 1. The Hall–Kier alpha value is -4.17. The molecule has 0 radical (unpaired) electrons. The fourth-order valence-electron chi connectivity index (χ4n) is 5.72. The number of halogens is 1. The Kier molecular flexibility index (Phi) is 7.65. The second-order valence-corrected chi connectivity index (χ2v) is 9.88. The molecule has 0 unspecified atom stereocenters. The Morgan fingerprint density at radius 3 is 2.10 bits per heavy atom. The molecule has 5 rings (SSSR count). The van der Waals surface area contributed by atoms with Crippen molar-refractivity contribution in [2.24, 2.45) is 5.92 Å². The van der Waals surface area contributed by atoms with Crippen LogP contribution in [0.25, 0.3) is 0 Å². The lowest BCUT2D eigenvalue weighted by Gasteiger charge is -2.45. The molecular formula is C31H33FN4O3. The molecule has 39 heavy (non-hydrogen) atoms. The van der Waals surface area contributed by atoms with Crippen LogP contribution in [-0.4, -0.2) is 31.4 Å². The zero-order valence-corrected chi connectivity index (χ0v) is 22.4. The molecule has 4 aromatic rings. The SMILES string of the molecule is COC(c1ccccc1)(c1ccccc1)C1CCN(c2ccc(NC(=O)Nc3c(C)noc3C)cc2F)CC1. The van der Waals surface area contributed by atoms with E-state index >= 15 is 4.39 Å². The fraction of sp³-hybridized carbons (Fsp3) is 0.290. The largest absolute Gasteiger partial charge is 0.369 e. The maximum Gasteiger partial charge on any atom is 0.323 e. The van der Waals surface area contributed by atoms with Crippen molar-refractivity contribution in [1.82, 2.24) is 5.16 Å². The predicted molar refractivity (Wildman–Crippen MR) is 151 cm³/mol. The van der Waals surface area contributed by atoms with Crippen LogP contribution in [0.3, 0.4) is 0 Å². The van der Waals surface area contributed by atoms with Crippen LogP contribution in [0, 0.1) is 25.6 Å². The quantitative estimate of drug-likeness (QED) is 0.273. The molecule has 1 saturated heterocycles. The summed E-state index contributed by atoms with van der Waals surface area (Å²) in [6.07, 6.45) is 1.66. The molecule has 2 heterocycles. The molecule has 7 nitrogen and oxygen atoms in total. The Morgan fingerprint density at radius 2 is 1.59 bits per heavy atom. The standard InChI is InChI=1S/C31H33FN4O3/c1-21-29(22(2)39-35-21)34-30(37)33-26-14-15-28(27(32)20-26)36-18-16-25(17-19-36)31(38-3,23-10-6-4-7-11-23)24-12-8-5-9-13-24/h4-15,20,25H,16-19H2,1-3H3,(H2,33,34,37). The normalized spacial score (nSPS) is 14.3. The first-order valence-electron chi connectivity index (χ1n) is 13.1. The van der Waals surface area contributed by atoms with E-state index in [1.807, 2.05) is 36.4 Å². The van der Waals surface area contributed by atoms with Gasteiger partial charge in [-0.25, -0.2) is 9.18 Å². The zero-order chi connectivity index (χ0) is 27.4. The number of anilines is 3. The summed E-state index contributed by atoms with van der Waals surface area (Å²) in [5.41, 5.74) is 3.61. The van der Waals surface area contributed by atoms with E-state index in [0.29, 0.717) is 41.6 Å². The topological polar surface area (TPSA) is 79.6 Å². The van der Waals surface area contributed by atoms with Gasteiger partial charge < -0.3 is 24.8 Å². The molecule has 0 aliphatic carbocycles. The van der Waals surface area contributed by atoms with Crippen molar-refractivity contribution >= 4 is 23.1 Å². The van der Waals surface area contributed by atoms with E-state index in [1.54, 1.807) is 33.1 Å². The number of piperidine rings is 1. The van der Waals surface area contributed by atoms with Crippen LogP contribution in [0.15, 0.2) is 83.4 Å². The number of nitrogens with zero attached hydrogens (tertiary/aromatic N) is 2. The number of urea groups is 1. The second kappa shape index (κ2) is 11.3. The van der Waals surface area contributed by atoms with Crippen LogP contribution in [0.1, 0.15) is 35.4 Å². The van der Waals surface area contributed by atoms with Crippen LogP contribution in [0.2, 0.25) is 0 Å². The van der Waals surface area contributed by atoms with Crippen molar-refractivity contribution in [3.05, 3.63) is 107 Å². The van der Waals surface area contributed by atoms with Crippen molar-refractivity contribution in [1.29, 1.82) is 0 Å². The van der Waals surface area contributed by atoms with Crippen molar-refractivity contribution < 1.29 is 18.4 Å². The summed E-state index contributed by atoms with van der Waals surface area (Å²) >= 11 is 0. The molecule has 0 bridgehead atoms. The molecule has 2 amide bonds. The monoisotopic (exact) mass is 528 g/mol. The third kappa shape index (κ3) is 5.25. The van der Waals surface area contributed by atoms with Gasteiger partial charge in [-0.05, 0) is 61.9 Å². The summed E-state index contributed by atoms with van der Waals surface area (Å²) in [5, 5.41) is 9.21. The number of benzene rings is 3. The van der Waals surface area contributed by atoms with Gasteiger partial charge in [-0.2, -0.15) is 0 Å². The second-order valence-electron chi connectivity index (χ2n) is 9.88. The number of amides is 2. The Labute approximate surface area is 228 Å². The van der Waals surface area contributed by atoms with Crippen LogP contribution in [-0.2, 0) is 10.3 Å². The van der Waals surface area contributed by atoms with Gasteiger partial charge in [0, 0.05) is 25.9 Å². The number of ether oxygens (including phenoxy) is 1. The molecule has 1 aliphatic heterocycles. The van der Waals surface area contributed by atoms with Gasteiger partial charge in [0.1, 0.15) is 22.8 Å². The number of nitrogens with one attached hydrogen (secondary N) is 2. The van der Waals surface area contributed by atoms with Crippen LogP contribution < -0.4 is 15.5 Å². The van der Waals surface area contributed by atoms with E-state index < -0.39 is 11.6 Å². The third-order valence-electron chi connectivity index (χ3n) is 7.62. The highest BCUT2D eigenvalue weighted by Gasteiger charge is 2.43. The van der Waals surface area contributed by atoms with E-state index in [9.17, 15) is 4.79 Å². The van der Waals surface area contributed by atoms with Crippen molar-refractivity contribution in [3.8, 4) is 0 Å². The highest BCUT2D eigenvalue weighted by molar-refractivity contribution is 6.00. The Morgan fingerprint density at radius 1 is 0.974 bits per heavy atom. The summed E-state index contributed by atoms with van der Waals surface area (Å²) in [7, 11) is 1.78. The summed E-state index contributed by atoms with van der Waals surface area (Å²) in [5.74, 6) is 0.331. The van der Waals surface area contributed by atoms with Crippen LogP contribution >= 0.6 is 0 Å². The minimum absolute atomic E-state index is 0.209. The van der Waals surface area contributed by atoms with Crippen molar-refractivity contribution in [3.63, 3.8) is 0 Å². The molecule has 2 N–H and O–H groups in total. The number of rotatable bonds is 7. The lowest BCUT2D eigenvalue weighted by Crippen LogP contribution is -2.45. The maximum absolute atomic E-state index is 15.3. The van der Waals surface area contributed by atoms with Gasteiger partial charge in [-0.15, -0.1) is 0 Å². The number of carbonyl (C=O) groups is 1. The lowest BCUT2D eigenvalue weighted by molar-refractivity contribution is -0.0378. The van der Waals surface area contributed by atoms with Crippen LogP contribution in [0.4, 0.5) is 26.2 Å². The van der Waals surface area contributed by atoms with Crippen molar-refractivity contribution in [2.75, 3.05) is 35.7 Å². The van der Waals surface area contributed by atoms with Gasteiger partial charge in [-0.1, -0.05) is 65.8 Å². The average molecular weight is 529 g/mol. The summed E-state index contributed by atoms with van der Waals surface area (Å²) in [4.78, 5) is 14.5. The van der Waals surface area contributed by atoms with E-state index in [2.05, 4.69) is 45.0 Å².